The maximum atomic E-state index is 12.4. The van der Waals surface area contributed by atoms with Crippen molar-refractivity contribution in [1.29, 1.82) is 0 Å². The smallest absolute Gasteiger partial charge is 0.423 e. The van der Waals surface area contributed by atoms with Crippen molar-refractivity contribution in [3.63, 3.8) is 0 Å². The molecule has 1 aromatic heterocycles. The van der Waals surface area contributed by atoms with Gasteiger partial charge in [0.05, 0.1) is 5.56 Å². The van der Waals surface area contributed by atoms with Crippen LogP contribution in [0.5, 0.6) is 0 Å². The van der Waals surface area contributed by atoms with Gasteiger partial charge < -0.3 is 10.0 Å². The second kappa shape index (κ2) is 3.88. The van der Waals surface area contributed by atoms with E-state index in [9.17, 15) is 13.2 Å². The zero-order chi connectivity index (χ0) is 10.9. The van der Waals surface area contributed by atoms with Gasteiger partial charge in [0.2, 0.25) is 0 Å². The molecule has 3 nitrogen and oxygen atoms in total. The minimum Gasteiger partial charge on any atom is -0.423 e. The Morgan fingerprint density at radius 2 is 1.86 bits per heavy atom. The first-order chi connectivity index (χ1) is 6.34. The van der Waals surface area contributed by atoms with Crippen LogP contribution in [0.4, 0.5) is 13.2 Å². The van der Waals surface area contributed by atoms with Gasteiger partial charge in [-0.15, -0.1) is 0 Å². The SMILES string of the molecule is OB(O)c1cncc(Br)c1C(F)(F)F. The Bertz CT molecular complexity index is 344. The lowest BCUT2D eigenvalue weighted by Gasteiger charge is -2.13. The fourth-order valence-corrected chi connectivity index (χ4v) is 1.52. The molecule has 0 fully saturated rings. The fourth-order valence-electron chi connectivity index (χ4n) is 0.945. The molecular formula is C6H4BBrF3NO2. The largest absolute Gasteiger partial charge is 0.490 e. The molecule has 76 valence electrons. The Labute approximate surface area is 85.9 Å². The Balaban J connectivity index is 3.38. The summed E-state index contributed by atoms with van der Waals surface area (Å²) in [5.74, 6) is 0. The molecule has 1 heterocycles. The second-order valence-corrected chi connectivity index (χ2v) is 3.31. The molecule has 0 aliphatic heterocycles. The number of hydrogen-bond acceptors (Lipinski definition) is 3. The van der Waals surface area contributed by atoms with Crippen LogP contribution in [0.3, 0.4) is 0 Å². The van der Waals surface area contributed by atoms with E-state index in [1.165, 1.54) is 0 Å². The molecule has 0 spiro atoms. The summed E-state index contributed by atoms with van der Waals surface area (Å²) in [6.07, 6.45) is -2.95. The molecule has 8 heteroatoms. The topological polar surface area (TPSA) is 53.4 Å². The maximum Gasteiger partial charge on any atom is 0.490 e. The monoisotopic (exact) mass is 269 g/mol. The van der Waals surface area contributed by atoms with Crippen molar-refractivity contribution >= 4 is 28.5 Å². The van der Waals surface area contributed by atoms with Crippen LogP contribution in [0, 0.1) is 0 Å². The van der Waals surface area contributed by atoms with Crippen molar-refractivity contribution < 1.29 is 23.2 Å². The van der Waals surface area contributed by atoms with Gasteiger partial charge in [0.1, 0.15) is 0 Å². The second-order valence-electron chi connectivity index (χ2n) is 2.46. The molecule has 2 N–H and O–H groups in total. The third kappa shape index (κ3) is 2.25. The van der Waals surface area contributed by atoms with E-state index in [4.69, 9.17) is 10.0 Å². The van der Waals surface area contributed by atoms with Crippen LogP contribution in [0.25, 0.3) is 0 Å². The van der Waals surface area contributed by atoms with Crippen LogP contribution in [0.1, 0.15) is 5.56 Å². The predicted molar refractivity (Wildman–Crippen MR) is 46.8 cm³/mol. The zero-order valence-electron chi connectivity index (χ0n) is 6.59. The van der Waals surface area contributed by atoms with E-state index in [2.05, 4.69) is 20.9 Å². The first-order valence-electron chi connectivity index (χ1n) is 3.40. The lowest BCUT2D eigenvalue weighted by atomic mass is 9.78. The van der Waals surface area contributed by atoms with E-state index in [0.717, 1.165) is 12.4 Å². The van der Waals surface area contributed by atoms with Gasteiger partial charge in [0, 0.05) is 22.3 Å². The van der Waals surface area contributed by atoms with Crippen LogP contribution in [0.2, 0.25) is 0 Å². The van der Waals surface area contributed by atoms with Gasteiger partial charge in [-0.05, 0) is 15.9 Å². The number of aromatic nitrogens is 1. The van der Waals surface area contributed by atoms with E-state index in [0.29, 0.717) is 0 Å². The van der Waals surface area contributed by atoms with Gasteiger partial charge in [-0.1, -0.05) is 0 Å². The normalized spacial score (nSPS) is 11.6. The minimum atomic E-state index is -4.65. The van der Waals surface area contributed by atoms with Crippen molar-refractivity contribution in [2.45, 2.75) is 6.18 Å². The number of nitrogens with zero attached hydrogens (tertiary/aromatic N) is 1. The average Bonchev–Trinajstić information content (AvgIpc) is 2.01. The molecule has 0 aliphatic rings. The summed E-state index contributed by atoms with van der Waals surface area (Å²) in [7, 11) is -2.20. The Morgan fingerprint density at radius 1 is 1.29 bits per heavy atom. The summed E-state index contributed by atoms with van der Waals surface area (Å²) in [5.41, 5.74) is -1.80. The quantitative estimate of drug-likeness (QED) is 0.732. The zero-order valence-corrected chi connectivity index (χ0v) is 8.17. The summed E-state index contributed by atoms with van der Waals surface area (Å²) in [4.78, 5) is 3.41. The van der Waals surface area contributed by atoms with Crippen molar-refractivity contribution in [3.05, 3.63) is 22.4 Å². The molecular weight excluding hydrogens is 266 g/mol. The lowest BCUT2D eigenvalue weighted by molar-refractivity contribution is -0.137. The molecule has 0 radical (unpaired) electrons. The summed E-state index contributed by atoms with van der Waals surface area (Å²) >= 11 is 2.65. The third-order valence-electron chi connectivity index (χ3n) is 1.49. The van der Waals surface area contributed by atoms with Crippen molar-refractivity contribution in [3.8, 4) is 0 Å². The molecule has 0 saturated carbocycles. The van der Waals surface area contributed by atoms with E-state index < -0.39 is 24.3 Å². The number of hydrogen-bond donors (Lipinski definition) is 2. The van der Waals surface area contributed by atoms with Crippen molar-refractivity contribution in [2.24, 2.45) is 0 Å². The van der Waals surface area contributed by atoms with Crippen LogP contribution < -0.4 is 5.46 Å². The highest BCUT2D eigenvalue weighted by molar-refractivity contribution is 9.10. The summed E-state index contributed by atoms with van der Waals surface area (Å²) in [6.45, 7) is 0. The van der Waals surface area contributed by atoms with Gasteiger partial charge in [0.25, 0.3) is 0 Å². The number of rotatable bonds is 1. The first-order valence-corrected chi connectivity index (χ1v) is 4.20. The van der Waals surface area contributed by atoms with Gasteiger partial charge in [0.15, 0.2) is 0 Å². The first kappa shape index (κ1) is 11.5. The molecule has 0 unspecified atom stereocenters. The van der Waals surface area contributed by atoms with Gasteiger partial charge in [-0.2, -0.15) is 13.2 Å². The van der Waals surface area contributed by atoms with Gasteiger partial charge >= 0.3 is 13.3 Å². The van der Waals surface area contributed by atoms with E-state index in [1.807, 2.05) is 0 Å². The van der Waals surface area contributed by atoms with Crippen LogP contribution in [-0.2, 0) is 6.18 Å². The van der Waals surface area contributed by atoms with Crippen LogP contribution in [-0.4, -0.2) is 22.2 Å². The standard InChI is InChI=1S/C6H4BBrF3NO2/c8-4-2-12-1-3(7(13)14)5(4)6(9,10)11/h1-2,13-14H. The summed E-state index contributed by atoms with van der Waals surface area (Å²) in [6, 6.07) is 0. The third-order valence-corrected chi connectivity index (χ3v) is 2.09. The average molecular weight is 270 g/mol. The van der Waals surface area contributed by atoms with Crippen LogP contribution in [0.15, 0.2) is 16.9 Å². The molecule has 0 saturated heterocycles. The van der Waals surface area contributed by atoms with Gasteiger partial charge in [-0.25, -0.2) is 0 Å². The minimum absolute atomic E-state index is 0.324. The summed E-state index contributed by atoms with van der Waals surface area (Å²) < 4.78 is 36.8. The highest BCUT2D eigenvalue weighted by Gasteiger charge is 2.38. The Morgan fingerprint density at radius 3 is 2.21 bits per heavy atom. The van der Waals surface area contributed by atoms with E-state index >= 15 is 0 Å². The molecule has 1 rings (SSSR count). The molecule has 0 aliphatic carbocycles. The molecule has 1 aromatic rings. The van der Waals surface area contributed by atoms with Gasteiger partial charge in [-0.3, -0.25) is 4.98 Å². The fraction of sp³-hybridized carbons (Fsp3) is 0.167. The highest BCUT2D eigenvalue weighted by atomic mass is 79.9. The van der Waals surface area contributed by atoms with Crippen molar-refractivity contribution in [2.75, 3.05) is 0 Å². The van der Waals surface area contributed by atoms with Crippen molar-refractivity contribution in [1.82, 2.24) is 4.98 Å². The number of pyridine rings is 1. The molecule has 0 atom stereocenters. The highest BCUT2D eigenvalue weighted by Crippen LogP contribution is 2.32. The predicted octanol–water partition coefficient (Wildman–Crippen LogP) is 0.543. The molecule has 0 aromatic carbocycles. The number of alkyl halides is 3. The van der Waals surface area contributed by atoms with Crippen LogP contribution >= 0.6 is 15.9 Å². The van der Waals surface area contributed by atoms with E-state index in [-0.39, 0.29) is 4.47 Å². The lowest BCUT2D eigenvalue weighted by Crippen LogP contribution is -2.36. The Kier molecular flexibility index (Phi) is 3.18. The molecule has 0 bridgehead atoms. The molecule has 14 heavy (non-hydrogen) atoms. The Hall–Kier alpha value is -0.595. The maximum absolute atomic E-state index is 12.4. The number of halogens is 4. The van der Waals surface area contributed by atoms with E-state index in [1.54, 1.807) is 0 Å². The summed E-state index contributed by atoms with van der Waals surface area (Å²) in [5, 5.41) is 17.4. The molecule has 0 amide bonds.